The van der Waals surface area contributed by atoms with Gasteiger partial charge in [0.05, 0.1) is 11.5 Å². The second kappa shape index (κ2) is 5.68. The fraction of sp³-hybridized carbons (Fsp3) is 0.385. The molecule has 1 saturated heterocycles. The summed E-state index contributed by atoms with van der Waals surface area (Å²) >= 11 is 0. The lowest BCUT2D eigenvalue weighted by Crippen LogP contribution is -2.44. The number of carboxylic acid groups (broad SMARTS) is 1. The van der Waals surface area contributed by atoms with E-state index in [1.165, 1.54) is 18.3 Å². The van der Waals surface area contributed by atoms with E-state index < -0.39 is 11.9 Å². The second-order valence-corrected chi connectivity index (χ2v) is 4.73. The highest BCUT2D eigenvalue weighted by molar-refractivity contribution is 5.95. The van der Waals surface area contributed by atoms with Crippen LogP contribution in [0.5, 0.6) is 0 Å². The molecule has 7 nitrogen and oxygen atoms in total. The minimum absolute atomic E-state index is 0.116. The molecule has 2 amide bonds. The van der Waals surface area contributed by atoms with Gasteiger partial charge in [-0.1, -0.05) is 0 Å². The first-order valence-electron chi connectivity index (χ1n) is 6.27. The fourth-order valence-electron chi connectivity index (χ4n) is 2.22. The highest BCUT2D eigenvalue weighted by Gasteiger charge is 2.27. The van der Waals surface area contributed by atoms with E-state index in [2.05, 4.69) is 4.98 Å². The van der Waals surface area contributed by atoms with Gasteiger partial charge in [-0.3, -0.25) is 9.59 Å². The number of amides is 2. The van der Waals surface area contributed by atoms with Gasteiger partial charge in [0.15, 0.2) is 0 Å². The first kappa shape index (κ1) is 14.0. The van der Waals surface area contributed by atoms with Crippen molar-refractivity contribution < 1.29 is 19.5 Å². The molecule has 7 heteroatoms. The third-order valence-corrected chi connectivity index (χ3v) is 3.34. The number of rotatable bonds is 3. The predicted octanol–water partition coefficient (Wildman–Crippen LogP) is 0.117. The molecule has 0 aliphatic carbocycles. The number of hydrogen-bond acceptors (Lipinski definition) is 4. The quantitative estimate of drug-likeness (QED) is 0.814. The van der Waals surface area contributed by atoms with E-state index in [9.17, 15) is 14.4 Å². The number of hydrogen-bond donors (Lipinski definition) is 2. The summed E-state index contributed by atoms with van der Waals surface area (Å²) in [6.07, 6.45) is 2.65. The first-order valence-corrected chi connectivity index (χ1v) is 6.27. The third-order valence-electron chi connectivity index (χ3n) is 3.34. The monoisotopic (exact) mass is 277 g/mol. The number of aromatic nitrogens is 1. The molecule has 2 rings (SSSR count). The molecule has 20 heavy (non-hydrogen) atoms. The van der Waals surface area contributed by atoms with Gasteiger partial charge in [-0.2, -0.15) is 0 Å². The van der Waals surface area contributed by atoms with Crippen molar-refractivity contribution in [1.82, 2.24) is 9.88 Å². The summed E-state index contributed by atoms with van der Waals surface area (Å²) in [6.45, 7) is 0.859. The lowest BCUT2D eigenvalue weighted by atomic mass is 9.97. The van der Waals surface area contributed by atoms with E-state index in [0.717, 1.165) is 6.42 Å². The Morgan fingerprint density at radius 3 is 2.65 bits per heavy atom. The smallest absolute Gasteiger partial charge is 0.354 e. The summed E-state index contributed by atoms with van der Waals surface area (Å²) in [5, 5.41) is 8.75. The van der Waals surface area contributed by atoms with Crippen LogP contribution in [-0.2, 0) is 4.79 Å². The highest BCUT2D eigenvalue weighted by Crippen LogP contribution is 2.18. The van der Waals surface area contributed by atoms with Crippen LogP contribution in [-0.4, -0.2) is 45.9 Å². The Bertz CT molecular complexity index is 541. The average Bonchev–Trinajstić information content (AvgIpc) is 2.46. The van der Waals surface area contributed by atoms with Crippen molar-refractivity contribution in [2.75, 3.05) is 13.1 Å². The molecule has 1 atom stereocenters. The van der Waals surface area contributed by atoms with Crippen molar-refractivity contribution in [3.8, 4) is 0 Å². The number of piperidine rings is 1. The molecule has 0 spiro atoms. The number of likely N-dealkylation sites (tertiary alicyclic amines) is 1. The first-order chi connectivity index (χ1) is 9.49. The number of nitrogens with zero attached hydrogens (tertiary/aromatic N) is 2. The van der Waals surface area contributed by atoms with Gasteiger partial charge in [-0.15, -0.1) is 0 Å². The summed E-state index contributed by atoms with van der Waals surface area (Å²) in [5.74, 6) is -2.13. The molecule has 1 aliphatic rings. The molecule has 0 aromatic carbocycles. The van der Waals surface area contributed by atoms with Crippen molar-refractivity contribution in [3.05, 3.63) is 29.6 Å². The van der Waals surface area contributed by atoms with Gasteiger partial charge in [-0.25, -0.2) is 9.78 Å². The zero-order valence-corrected chi connectivity index (χ0v) is 10.8. The number of pyridine rings is 1. The van der Waals surface area contributed by atoms with Crippen LogP contribution in [0.15, 0.2) is 18.3 Å². The molecule has 1 aliphatic heterocycles. The van der Waals surface area contributed by atoms with Gasteiger partial charge in [0, 0.05) is 19.3 Å². The van der Waals surface area contributed by atoms with Crippen LogP contribution in [0.1, 0.15) is 33.7 Å². The Kier molecular flexibility index (Phi) is 3.97. The van der Waals surface area contributed by atoms with Crippen molar-refractivity contribution in [2.24, 2.45) is 11.7 Å². The molecule has 106 valence electrons. The zero-order chi connectivity index (χ0) is 14.7. The van der Waals surface area contributed by atoms with Crippen LogP contribution in [0.2, 0.25) is 0 Å². The Morgan fingerprint density at radius 1 is 1.35 bits per heavy atom. The van der Waals surface area contributed by atoms with Gasteiger partial charge in [0.1, 0.15) is 5.69 Å². The van der Waals surface area contributed by atoms with Crippen molar-refractivity contribution in [2.45, 2.75) is 12.8 Å². The molecule has 0 radical (unpaired) electrons. The van der Waals surface area contributed by atoms with E-state index in [-0.39, 0.29) is 17.5 Å². The minimum atomic E-state index is -1.14. The van der Waals surface area contributed by atoms with Gasteiger partial charge < -0.3 is 15.7 Å². The Hall–Kier alpha value is -2.44. The normalized spacial score (nSPS) is 18.6. The maximum absolute atomic E-state index is 12.2. The molecule has 0 unspecified atom stereocenters. The van der Waals surface area contributed by atoms with Crippen LogP contribution in [0.25, 0.3) is 0 Å². The Morgan fingerprint density at radius 2 is 2.10 bits per heavy atom. The summed E-state index contributed by atoms with van der Waals surface area (Å²) in [7, 11) is 0. The summed E-state index contributed by atoms with van der Waals surface area (Å²) in [4.78, 5) is 39.4. The predicted molar refractivity (Wildman–Crippen MR) is 69.0 cm³/mol. The molecular formula is C13H15N3O4. The lowest BCUT2D eigenvalue weighted by Gasteiger charge is -2.31. The maximum Gasteiger partial charge on any atom is 0.354 e. The molecule has 1 aromatic heterocycles. The van der Waals surface area contributed by atoms with Crippen LogP contribution >= 0.6 is 0 Å². The van der Waals surface area contributed by atoms with Crippen molar-refractivity contribution in [3.63, 3.8) is 0 Å². The van der Waals surface area contributed by atoms with Crippen molar-refractivity contribution in [1.29, 1.82) is 0 Å². The standard InChI is InChI=1S/C13H15N3O4/c14-11(17)9-2-1-5-16(7-9)12(18)8-3-4-10(13(19)20)15-6-8/h3-4,6,9H,1-2,5,7H2,(H2,14,17)(H,19,20)/t9-/m0/s1. The molecular weight excluding hydrogens is 262 g/mol. The topological polar surface area (TPSA) is 114 Å². The van der Waals surface area contributed by atoms with Gasteiger partial charge in [-0.05, 0) is 25.0 Å². The zero-order valence-electron chi connectivity index (χ0n) is 10.8. The minimum Gasteiger partial charge on any atom is -0.477 e. The largest absolute Gasteiger partial charge is 0.477 e. The third kappa shape index (κ3) is 2.93. The van der Waals surface area contributed by atoms with E-state index in [1.807, 2.05) is 0 Å². The van der Waals surface area contributed by atoms with E-state index in [4.69, 9.17) is 10.8 Å². The molecule has 0 saturated carbocycles. The van der Waals surface area contributed by atoms with Crippen molar-refractivity contribution >= 4 is 17.8 Å². The molecule has 3 N–H and O–H groups in total. The summed E-state index contributed by atoms with van der Waals surface area (Å²) in [5.41, 5.74) is 5.46. The molecule has 0 bridgehead atoms. The SMILES string of the molecule is NC(=O)[C@H]1CCCN(C(=O)c2ccc(C(=O)O)nc2)C1. The Labute approximate surface area is 115 Å². The number of aromatic carboxylic acids is 1. The number of nitrogens with two attached hydrogens (primary N) is 1. The second-order valence-electron chi connectivity index (χ2n) is 4.73. The van der Waals surface area contributed by atoms with Crippen LogP contribution in [0.4, 0.5) is 0 Å². The molecule has 2 heterocycles. The lowest BCUT2D eigenvalue weighted by molar-refractivity contribution is -0.123. The highest BCUT2D eigenvalue weighted by atomic mass is 16.4. The summed E-state index contributed by atoms with van der Waals surface area (Å²) < 4.78 is 0. The molecule has 1 aromatic rings. The number of carbonyl (C=O) groups excluding carboxylic acids is 2. The van der Waals surface area contributed by atoms with Crippen LogP contribution in [0.3, 0.4) is 0 Å². The Balaban J connectivity index is 2.10. The number of carboxylic acids is 1. The van der Waals surface area contributed by atoms with Crippen LogP contribution in [0, 0.1) is 5.92 Å². The van der Waals surface area contributed by atoms with Gasteiger partial charge in [0.25, 0.3) is 5.91 Å². The van der Waals surface area contributed by atoms with Gasteiger partial charge in [0.2, 0.25) is 5.91 Å². The van der Waals surface area contributed by atoms with E-state index in [1.54, 1.807) is 4.90 Å². The van der Waals surface area contributed by atoms with Gasteiger partial charge >= 0.3 is 5.97 Å². The summed E-state index contributed by atoms with van der Waals surface area (Å²) in [6, 6.07) is 2.71. The number of carbonyl (C=O) groups is 3. The maximum atomic E-state index is 12.2. The fourth-order valence-corrected chi connectivity index (χ4v) is 2.22. The van der Waals surface area contributed by atoms with E-state index >= 15 is 0 Å². The van der Waals surface area contributed by atoms with Crippen LogP contribution < -0.4 is 5.73 Å². The number of primary amides is 1. The average molecular weight is 277 g/mol. The molecule has 1 fully saturated rings. The van der Waals surface area contributed by atoms with E-state index in [0.29, 0.717) is 25.1 Å².